The standard InChI is InChI=1S/C19H24N2O4S/c1-11-9-12(2)14(4)19(13(11)3)26(23,24)21-16-7-8-18(25-6)17(10-16)20-15(5)22/h7-10,21H,1-6H3,(H,20,22). The quantitative estimate of drug-likeness (QED) is 0.833. The van der Waals surface area contributed by atoms with Crippen molar-refractivity contribution in [3.8, 4) is 5.75 Å². The van der Waals surface area contributed by atoms with Gasteiger partial charge in [-0.05, 0) is 68.1 Å². The molecule has 0 saturated heterocycles. The lowest BCUT2D eigenvalue weighted by molar-refractivity contribution is -0.114. The van der Waals surface area contributed by atoms with Gasteiger partial charge in [0.1, 0.15) is 5.75 Å². The van der Waals surface area contributed by atoms with Crippen molar-refractivity contribution >= 4 is 27.3 Å². The summed E-state index contributed by atoms with van der Waals surface area (Å²) in [5, 5.41) is 2.63. The van der Waals surface area contributed by atoms with Crippen molar-refractivity contribution in [2.45, 2.75) is 39.5 Å². The normalized spacial score (nSPS) is 11.2. The first-order valence-corrected chi connectivity index (χ1v) is 9.61. The number of hydrogen-bond donors (Lipinski definition) is 2. The van der Waals surface area contributed by atoms with Gasteiger partial charge in [-0.3, -0.25) is 9.52 Å². The largest absolute Gasteiger partial charge is 0.495 e. The summed E-state index contributed by atoms with van der Waals surface area (Å²) in [5.74, 6) is 0.172. The number of rotatable bonds is 5. The van der Waals surface area contributed by atoms with Crippen LogP contribution in [0, 0.1) is 27.7 Å². The molecule has 26 heavy (non-hydrogen) atoms. The minimum Gasteiger partial charge on any atom is -0.495 e. The molecule has 2 aromatic rings. The molecule has 0 aromatic heterocycles. The minimum absolute atomic E-state index is 0.274. The van der Waals surface area contributed by atoms with Gasteiger partial charge in [-0.1, -0.05) is 6.07 Å². The van der Waals surface area contributed by atoms with Gasteiger partial charge in [-0.15, -0.1) is 0 Å². The zero-order valence-electron chi connectivity index (χ0n) is 15.9. The SMILES string of the molecule is COc1ccc(NS(=O)(=O)c2c(C)c(C)cc(C)c2C)cc1NC(C)=O. The number of sulfonamides is 1. The van der Waals surface area contributed by atoms with Crippen LogP contribution in [0.2, 0.25) is 0 Å². The second kappa shape index (κ2) is 7.37. The molecule has 0 saturated carbocycles. The maximum absolute atomic E-state index is 13.0. The van der Waals surface area contributed by atoms with Crippen LogP contribution in [0.25, 0.3) is 0 Å². The highest BCUT2D eigenvalue weighted by molar-refractivity contribution is 7.92. The van der Waals surface area contributed by atoms with Crippen LogP contribution in [-0.4, -0.2) is 21.4 Å². The third kappa shape index (κ3) is 3.99. The number of methoxy groups -OCH3 is 1. The van der Waals surface area contributed by atoms with Gasteiger partial charge in [-0.25, -0.2) is 8.42 Å². The summed E-state index contributed by atoms with van der Waals surface area (Å²) in [6.45, 7) is 8.75. The Morgan fingerprint density at radius 3 is 2.08 bits per heavy atom. The molecule has 0 aliphatic carbocycles. The molecule has 0 fully saturated rings. The fourth-order valence-electron chi connectivity index (χ4n) is 2.85. The number of carbonyl (C=O) groups excluding carboxylic acids is 1. The van der Waals surface area contributed by atoms with Gasteiger partial charge in [0.05, 0.1) is 23.4 Å². The number of anilines is 2. The highest BCUT2D eigenvalue weighted by Gasteiger charge is 2.22. The Balaban J connectivity index is 2.50. The molecule has 2 rings (SSSR count). The van der Waals surface area contributed by atoms with E-state index >= 15 is 0 Å². The van der Waals surface area contributed by atoms with E-state index in [4.69, 9.17) is 4.74 Å². The highest BCUT2D eigenvalue weighted by atomic mass is 32.2. The fourth-order valence-corrected chi connectivity index (χ4v) is 4.52. The first-order valence-electron chi connectivity index (χ1n) is 8.12. The number of hydrogen-bond acceptors (Lipinski definition) is 4. The van der Waals surface area contributed by atoms with E-state index in [1.165, 1.54) is 20.1 Å². The smallest absolute Gasteiger partial charge is 0.262 e. The van der Waals surface area contributed by atoms with E-state index < -0.39 is 10.0 Å². The van der Waals surface area contributed by atoms with Crippen molar-refractivity contribution in [3.63, 3.8) is 0 Å². The second-order valence-electron chi connectivity index (χ2n) is 6.29. The maximum atomic E-state index is 13.0. The molecule has 2 aromatic carbocycles. The van der Waals surface area contributed by atoms with Gasteiger partial charge >= 0.3 is 0 Å². The molecule has 0 bridgehead atoms. The predicted octanol–water partition coefficient (Wildman–Crippen LogP) is 3.69. The molecule has 140 valence electrons. The Labute approximate surface area is 154 Å². The Bertz CT molecular complexity index is 940. The van der Waals surface area contributed by atoms with E-state index in [9.17, 15) is 13.2 Å². The first kappa shape index (κ1) is 19.8. The number of carbonyl (C=O) groups is 1. The monoisotopic (exact) mass is 376 g/mol. The second-order valence-corrected chi connectivity index (χ2v) is 7.91. The molecule has 1 amide bonds. The molecule has 0 heterocycles. The lowest BCUT2D eigenvalue weighted by Crippen LogP contribution is -2.17. The summed E-state index contributed by atoms with van der Waals surface area (Å²) in [6.07, 6.45) is 0. The molecular weight excluding hydrogens is 352 g/mol. The lowest BCUT2D eigenvalue weighted by atomic mass is 10.0. The molecule has 7 heteroatoms. The molecule has 0 spiro atoms. The third-order valence-electron chi connectivity index (χ3n) is 4.33. The zero-order valence-corrected chi connectivity index (χ0v) is 16.7. The van der Waals surface area contributed by atoms with Gasteiger partial charge < -0.3 is 10.1 Å². The van der Waals surface area contributed by atoms with Gasteiger partial charge in [0.15, 0.2) is 0 Å². The van der Waals surface area contributed by atoms with E-state index in [0.29, 0.717) is 17.1 Å². The van der Waals surface area contributed by atoms with Crippen molar-refractivity contribution in [2.24, 2.45) is 0 Å². The molecule has 6 nitrogen and oxygen atoms in total. The predicted molar refractivity (Wildman–Crippen MR) is 103 cm³/mol. The highest BCUT2D eigenvalue weighted by Crippen LogP contribution is 2.31. The van der Waals surface area contributed by atoms with Crippen LogP contribution in [-0.2, 0) is 14.8 Å². The Hall–Kier alpha value is -2.54. The zero-order chi connectivity index (χ0) is 19.6. The van der Waals surface area contributed by atoms with Crippen LogP contribution < -0.4 is 14.8 Å². The van der Waals surface area contributed by atoms with Crippen molar-refractivity contribution in [1.29, 1.82) is 0 Å². The van der Waals surface area contributed by atoms with Crippen molar-refractivity contribution < 1.29 is 17.9 Å². The van der Waals surface area contributed by atoms with Crippen molar-refractivity contribution in [2.75, 3.05) is 17.1 Å². The van der Waals surface area contributed by atoms with Crippen LogP contribution >= 0.6 is 0 Å². The van der Waals surface area contributed by atoms with Gasteiger partial charge in [0.25, 0.3) is 10.0 Å². The maximum Gasteiger partial charge on any atom is 0.262 e. The third-order valence-corrected chi connectivity index (χ3v) is 5.98. The summed E-state index contributed by atoms with van der Waals surface area (Å²) in [4.78, 5) is 11.6. The average Bonchev–Trinajstić information content (AvgIpc) is 2.52. The van der Waals surface area contributed by atoms with Gasteiger partial charge in [0, 0.05) is 6.92 Å². The Kier molecular flexibility index (Phi) is 5.61. The number of amides is 1. The summed E-state index contributed by atoms with van der Waals surface area (Å²) in [7, 11) is -2.31. The van der Waals surface area contributed by atoms with Crippen LogP contribution in [0.3, 0.4) is 0 Å². The summed E-state index contributed by atoms with van der Waals surface area (Å²) in [6, 6.07) is 6.70. The van der Waals surface area contributed by atoms with Crippen LogP contribution in [0.1, 0.15) is 29.2 Å². The van der Waals surface area contributed by atoms with Crippen LogP contribution in [0.5, 0.6) is 5.75 Å². The van der Waals surface area contributed by atoms with Crippen LogP contribution in [0.4, 0.5) is 11.4 Å². The molecule has 0 aliphatic heterocycles. The lowest BCUT2D eigenvalue weighted by Gasteiger charge is -2.17. The topological polar surface area (TPSA) is 84.5 Å². The molecule has 0 unspecified atom stereocenters. The van der Waals surface area contributed by atoms with E-state index in [1.807, 2.05) is 19.9 Å². The van der Waals surface area contributed by atoms with E-state index in [2.05, 4.69) is 10.0 Å². The first-order chi connectivity index (χ1) is 12.1. The fraction of sp³-hybridized carbons (Fsp3) is 0.316. The van der Waals surface area contributed by atoms with Crippen LogP contribution in [0.15, 0.2) is 29.2 Å². The van der Waals surface area contributed by atoms with E-state index in [0.717, 1.165) is 22.3 Å². The molecule has 0 atom stereocenters. The summed E-state index contributed by atoms with van der Waals surface area (Å²) >= 11 is 0. The molecule has 0 radical (unpaired) electrons. The molecule has 2 N–H and O–H groups in total. The van der Waals surface area contributed by atoms with Crippen molar-refractivity contribution in [1.82, 2.24) is 0 Å². The average molecular weight is 376 g/mol. The van der Waals surface area contributed by atoms with E-state index in [1.54, 1.807) is 26.0 Å². The summed E-state index contributed by atoms with van der Waals surface area (Å²) < 4.78 is 33.8. The van der Waals surface area contributed by atoms with Crippen molar-refractivity contribution in [3.05, 3.63) is 46.5 Å². The number of nitrogens with one attached hydrogen (secondary N) is 2. The number of aryl methyl sites for hydroxylation is 2. The minimum atomic E-state index is -3.79. The van der Waals surface area contributed by atoms with E-state index in [-0.39, 0.29) is 10.8 Å². The number of ether oxygens (including phenoxy) is 1. The van der Waals surface area contributed by atoms with Gasteiger partial charge in [-0.2, -0.15) is 0 Å². The Morgan fingerprint density at radius 1 is 1.00 bits per heavy atom. The molecular formula is C19H24N2O4S. The molecule has 0 aliphatic rings. The van der Waals surface area contributed by atoms with Gasteiger partial charge in [0.2, 0.25) is 5.91 Å². The summed E-state index contributed by atoms with van der Waals surface area (Å²) in [5.41, 5.74) is 4.01. The Morgan fingerprint density at radius 2 is 1.58 bits per heavy atom. The number of benzene rings is 2.